The number of fused-ring (bicyclic) bond motifs is 1. The second-order valence-electron chi connectivity index (χ2n) is 8.42. The molecule has 32 heavy (non-hydrogen) atoms. The minimum Gasteiger partial charge on any atom is -0.334 e. The summed E-state index contributed by atoms with van der Waals surface area (Å²) in [4.78, 5) is 33.2. The van der Waals surface area contributed by atoms with Crippen LogP contribution in [0.3, 0.4) is 0 Å². The first-order valence-corrected chi connectivity index (χ1v) is 12.2. The molecule has 5 rings (SSSR count). The van der Waals surface area contributed by atoms with Gasteiger partial charge in [-0.3, -0.25) is 9.48 Å². The molecule has 0 atom stereocenters. The molecule has 7 nitrogen and oxygen atoms in total. The molecular formula is C23H26ClN5O2S. The van der Waals surface area contributed by atoms with Gasteiger partial charge in [0.25, 0.3) is 5.91 Å². The predicted octanol–water partition coefficient (Wildman–Crippen LogP) is 4.08. The SMILES string of the molecule is Cc1nn(Cc2ccccc2Cl)c2sc(C(=O)N3CCN(C(=O)N4CCCC4)CC3)cc12. The van der Waals surface area contributed by atoms with Crippen molar-refractivity contribution in [1.82, 2.24) is 24.5 Å². The Morgan fingerprint density at radius 2 is 1.66 bits per heavy atom. The number of aromatic nitrogens is 2. The first kappa shape index (κ1) is 21.3. The molecule has 3 aromatic rings. The first-order valence-electron chi connectivity index (χ1n) is 11.0. The van der Waals surface area contributed by atoms with Gasteiger partial charge in [0.1, 0.15) is 4.83 Å². The van der Waals surface area contributed by atoms with Gasteiger partial charge in [0.15, 0.2) is 0 Å². The number of nitrogens with zero attached hydrogens (tertiary/aromatic N) is 5. The summed E-state index contributed by atoms with van der Waals surface area (Å²) in [7, 11) is 0. The fourth-order valence-electron chi connectivity index (χ4n) is 4.48. The maximum atomic E-state index is 13.2. The number of benzene rings is 1. The number of likely N-dealkylation sites (tertiary alicyclic amines) is 1. The number of urea groups is 1. The Morgan fingerprint density at radius 3 is 2.38 bits per heavy atom. The predicted molar refractivity (Wildman–Crippen MR) is 127 cm³/mol. The van der Waals surface area contributed by atoms with Crippen LogP contribution < -0.4 is 0 Å². The molecule has 0 spiro atoms. The highest BCUT2D eigenvalue weighted by molar-refractivity contribution is 7.20. The molecular weight excluding hydrogens is 446 g/mol. The standard InChI is InChI=1S/C23H26ClN5O2S/c1-16-18-14-20(32-22(18)29(25-16)15-17-6-2-3-7-19(17)24)21(30)26-10-12-28(13-11-26)23(31)27-8-4-5-9-27/h2-3,6-7,14H,4-5,8-13,15H2,1H3. The number of piperazine rings is 1. The van der Waals surface area contributed by atoms with Crippen molar-refractivity contribution in [1.29, 1.82) is 0 Å². The van der Waals surface area contributed by atoms with Crippen LogP contribution in [0.4, 0.5) is 4.79 Å². The molecule has 3 amide bonds. The van der Waals surface area contributed by atoms with Crippen LogP contribution in [0.5, 0.6) is 0 Å². The zero-order valence-electron chi connectivity index (χ0n) is 18.1. The van der Waals surface area contributed by atoms with E-state index in [1.54, 1.807) is 0 Å². The quantitative estimate of drug-likeness (QED) is 0.578. The second-order valence-corrected chi connectivity index (χ2v) is 9.86. The van der Waals surface area contributed by atoms with Crippen LogP contribution in [0, 0.1) is 6.92 Å². The average molecular weight is 472 g/mol. The molecule has 2 fully saturated rings. The molecule has 0 saturated carbocycles. The third kappa shape index (κ3) is 3.97. The normalized spacial score (nSPS) is 16.9. The van der Waals surface area contributed by atoms with E-state index in [1.807, 2.05) is 56.6 Å². The van der Waals surface area contributed by atoms with Gasteiger partial charge >= 0.3 is 6.03 Å². The minimum absolute atomic E-state index is 0.0307. The highest BCUT2D eigenvalue weighted by atomic mass is 35.5. The smallest absolute Gasteiger partial charge is 0.320 e. The second kappa shape index (κ2) is 8.75. The van der Waals surface area contributed by atoms with Gasteiger partial charge in [0, 0.05) is 49.7 Å². The van der Waals surface area contributed by atoms with E-state index in [4.69, 9.17) is 11.6 Å². The highest BCUT2D eigenvalue weighted by Crippen LogP contribution is 2.30. The molecule has 2 saturated heterocycles. The van der Waals surface area contributed by atoms with Crippen molar-refractivity contribution in [2.45, 2.75) is 26.3 Å². The lowest BCUT2D eigenvalue weighted by atomic mass is 10.2. The molecule has 0 unspecified atom stereocenters. The highest BCUT2D eigenvalue weighted by Gasteiger charge is 2.29. The molecule has 2 aromatic heterocycles. The molecule has 0 radical (unpaired) electrons. The third-order valence-electron chi connectivity index (χ3n) is 6.31. The van der Waals surface area contributed by atoms with Gasteiger partial charge in [-0.1, -0.05) is 29.8 Å². The van der Waals surface area contributed by atoms with E-state index in [-0.39, 0.29) is 11.9 Å². The largest absolute Gasteiger partial charge is 0.334 e. The summed E-state index contributed by atoms with van der Waals surface area (Å²) in [6, 6.07) is 9.82. The van der Waals surface area contributed by atoms with Crippen molar-refractivity contribution in [3.63, 3.8) is 0 Å². The van der Waals surface area contributed by atoms with E-state index in [9.17, 15) is 9.59 Å². The van der Waals surface area contributed by atoms with Gasteiger partial charge in [-0.25, -0.2) is 4.79 Å². The van der Waals surface area contributed by atoms with E-state index in [1.165, 1.54) is 11.3 Å². The molecule has 168 valence electrons. The Kier molecular flexibility index (Phi) is 5.82. The topological polar surface area (TPSA) is 61.7 Å². The maximum absolute atomic E-state index is 13.2. The van der Waals surface area contributed by atoms with Gasteiger partial charge in [-0.15, -0.1) is 11.3 Å². The number of hydrogen-bond donors (Lipinski definition) is 0. The van der Waals surface area contributed by atoms with Crippen molar-refractivity contribution >= 4 is 45.1 Å². The van der Waals surface area contributed by atoms with Gasteiger partial charge in [-0.05, 0) is 37.5 Å². The summed E-state index contributed by atoms with van der Waals surface area (Å²) in [6.07, 6.45) is 2.17. The Balaban J connectivity index is 1.29. The Labute approximate surface area is 196 Å². The van der Waals surface area contributed by atoms with Crippen LogP contribution in [-0.2, 0) is 6.54 Å². The Morgan fingerprint density at radius 1 is 1.00 bits per heavy atom. The zero-order valence-corrected chi connectivity index (χ0v) is 19.7. The summed E-state index contributed by atoms with van der Waals surface area (Å²) in [5, 5.41) is 6.38. The summed E-state index contributed by atoms with van der Waals surface area (Å²) in [6.45, 7) is 6.55. The van der Waals surface area contributed by atoms with Gasteiger partial charge in [0.05, 0.1) is 17.1 Å². The number of halogens is 1. The van der Waals surface area contributed by atoms with Gasteiger partial charge in [-0.2, -0.15) is 5.10 Å². The third-order valence-corrected chi connectivity index (χ3v) is 7.82. The van der Waals surface area contributed by atoms with E-state index in [0.29, 0.717) is 42.6 Å². The molecule has 9 heteroatoms. The number of aryl methyl sites for hydroxylation is 1. The van der Waals surface area contributed by atoms with Crippen molar-refractivity contribution < 1.29 is 9.59 Å². The first-order chi connectivity index (χ1) is 15.5. The van der Waals surface area contributed by atoms with Crippen LogP contribution in [-0.4, -0.2) is 75.7 Å². The minimum atomic E-state index is 0.0307. The molecule has 2 aliphatic heterocycles. The Hall–Kier alpha value is -2.58. The number of hydrogen-bond acceptors (Lipinski definition) is 4. The number of rotatable bonds is 3. The van der Waals surface area contributed by atoms with E-state index in [2.05, 4.69) is 5.10 Å². The zero-order chi connectivity index (χ0) is 22.2. The number of amides is 3. The van der Waals surface area contributed by atoms with Gasteiger partial charge in [0.2, 0.25) is 0 Å². The molecule has 2 aliphatic rings. The molecule has 1 aromatic carbocycles. The van der Waals surface area contributed by atoms with E-state index < -0.39 is 0 Å². The maximum Gasteiger partial charge on any atom is 0.320 e. The monoisotopic (exact) mass is 471 g/mol. The van der Waals surface area contributed by atoms with Crippen LogP contribution >= 0.6 is 22.9 Å². The van der Waals surface area contributed by atoms with Crippen LogP contribution in [0.15, 0.2) is 30.3 Å². The lowest BCUT2D eigenvalue weighted by Crippen LogP contribution is -2.53. The van der Waals surface area contributed by atoms with Crippen molar-refractivity contribution in [3.05, 3.63) is 51.5 Å². The fourth-order valence-corrected chi connectivity index (χ4v) is 5.80. The van der Waals surface area contributed by atoms with Crippen LogP contribution in [0.1, 0.15) is 33.8 Å². The number of carbonyl (C=O) groups is 2. The molecule has 4 heterocycles. The summed E-state index contributed by atoms with van der Waals surface area (Å²) >= 11 is 7.81. The summed E-state index contributed by atoms with van der Waals surface area (Å²) < 4.78 is 1.93. The molecule has 0 aliphatic carbocycles. The fraction of sp³-hybridized carbons (Fsp3) is 0.435. The van der Waals surface area contributed by atoms with E-state index in [0.717, 1.165) is 47.4 Å². The summed E-state index contributed by atoms with van der Waals surface area (Å²) in [5.74, 6) is 0.0307. The van der Waals surface area contributed by atoms with Gasteiger partial charge < -0.3 is 14.7 Å². The average Bonchev–Trinajstić information content (AvgIpc) is 3.54. The molecule has 0 bridgehead atoms. The van der Waals surface area contributed by atoms with Crippen molar-refractivity contribution in [2.24, 2.45) is 0 Å². The van der Waals surface area contributed by atoms with Crippen molar-refractivity contribution in [2.75, 3.05) is 39.3 Å². The lowest BCUT2D eigenvalue weighted by molar-refractivity contribution is 0.0649. The Bertz CT molecular complexity index is 1160. The number of carbonyl (C=O) groups excluding carboxylic acids is 2. The van der Waals surface area contributed by atoms with Crippen LogP contribution in [0.2, 0.25) is 5.02 Å². The lowest BCUT2D eigenvalue weighted by Gasteiger charge is -2.36. The summed E-state index contributed by atoms with van der Waals surface area (Å²) in [5.41, 5.74) is 1.90. The van der Waals surface area contributed by atoms with Crippen molar-refractivity contribution in [3.8, 4) is 0 Å². The van der Waals surface area contributed by atoms with Crippen LogP contribution in [0.25, 0.3) is 10.2 Å². The number of thiophene rings is 1. The van der Waals surface area contributed by atoms with E-state index >= 15 is 0 Å². The molecule has 0 N–H and O–H groups in total.